The minimum absolute atomic E-state index is 0.141. The van der Waals surface area contributed by atoms with E-state index in [0.29, 0.717) is 5.56 Å². The van der Waals surface area contributed by atoms with Gasteiger partial charge in [-0.15, -0.1) is 0 Å². The van der Waals surface area contributed by atoms with Crippen LogP contribution in [0.5, 0.6) is 0 Å². The minimum Gasteiger partial charge on any atom is -0.307 e. The molecule has 0 saturated heterocycles. The molecule has 9 heteroatoms. The van der Waals surface area contributed by atoms with Gasteiger partial charge in [0.2, 0.25) is 10.0 Å². The van der Waals surface area contributed by atoms with Crippen molar-refractivity contribution in [2.45, 2.75) is 11.8 Å². The van der Waals surface area contributed by atoms with E-state index in [2.05, 4.69) is 26.2 Å². The standard InChI is InChI=1S/C14H12BrN3O4S/c1-8(19)9-3-2-4-10(5-9)14(20)18-13-6-11(15)12(7-17-13)23(16,21)22/h2-7H,1H3,(H2,16,21,22)(H,17,18,20). The molecular weight excluding hydrogens is 386 g/mol. The van der Waals surface area contributed by atoms with Gasteiger partial charge in [-0.2, -0.15) is 0 Å². The van der Waals surface area contributed by atoms with Crippen LogP contribution in [-0.4, -0.2) is 25.1 Å². The number of rotatable bonds is 4. The van der Waals surface area contributed by atoms with Crippen molar-refractivity contribution in [1.82, 2.24) is 4.98 Å². The summed E-state index contributed by atoms with van der Waals surface area (Å²) in [4.78, 5) is 27.2. The maximum absolute atomic E-state index is 12.2. The number of hydrogen-bond acceptors (Lipinski definition) is 5. The highest BCUT2D eigenvalue weighted by Crippen LogP contribution is 2.22. The Morgan fingerprint density at radius 1 is 1.22 bits per heavy atom. The number of ketones is 1. The van der Waals surface area contributed by atoms with Gasteiger partial charge in [0.25, 0.3) is 5.91 Å². The third-order valence-corrected chi connectivity index (χ3v) is 4.76. The summed E-state index contributed by atoms with van der Waals surface area (Å²) in [5, 5.41) is 7.54. The molecule has 0 fully saturated rings. The molecule has 0 bridgehead atoms. The van der Waals surface area contributed by atoms with Crippen LogP contribution in [0.25, 0.3) is 0 Å². The third-order valence-electron chi connectivity index (χ3n) is 2.90. The van der Waals surface area contributed by atoms with E-state index >= 15 is 0 Å². The van der Waals surface area contributed by atoms with Crippen LogP contribution in [-0.2, 0) is 10.0 Å². The van der Waals surface area contributed by atoms with Crippen molar-refractivity contribution in [2.24, 2.45) is 5.14 Å². The highest BCUT2D eigenvalue weighted by molar-refractivity contribution is 9.10. The first-order valence-electron chi connectivity index (χ1n) is 6.29. The van der Waals surface area contributed by atoms with Gasteiger partial charge >= 0.3 is 0 Å². The molecule has 3 N–H and O–H groups in total. The van der Waals surface area contributed by atoms with E-state index in [1.165, 1.54) is 19.1 Å². The van der Waals surface area contributed by atoms with E-state index < -0.39 is 15.9 Å². The Morgan fingerprint density at radius 2 is 1.87 bits per heavy atom. The highest BCUT2D eigenvalue weighted by Gasteiger charge is 2.15. The van der Waals surface area contributed by atoms with E-state index in [-0.39, 0.29) is 26.5 Å². The lowest BCUT2D eigenvalue weighted by Crippen LogP contribution is -2.16. The van der Waals surface area contributed by atoms with E-state index in [1.807, 2.05) is 0 Å². The van der Waals surface area contributed by atoms with E-state index in [4.69, 9.17) is 5.14 Å². The molecule has 0 aliphatic carbocycles. The summed E-state index contributed by atoms with van der Waals surface area (Å²) < 4.78 is 22.8. The van der Waals surface area contributed by atoms with Crippen molar-refractivity contribution in [3.63, 3.8) is 0 Å². The summed E-state index contributed by atoms with van der Waals surface area (Å²) in [5.41, 5.74) is 0.697. The first kappa shape index (κ1) is 17.3. The molecule has 1 aromatic heterocycles. The summed E-state index contributed by atoms with van der Waals surface area (Å²) in [6, 6.07) is 7.54. The molecule has 0 aliphatic rings. The van der Waals surface area contributed by atoms with Crippen molar-refractivity contribution in [3.05, 3.63) is 52.1 Å². The number of hydrogen-bond donors (Lipinski definition) is 2. The van der Waals surface area contributed by atoms with Crippen LogP contribution in [0.4, 0.5) is 5.82 Å². The van der Waals surface area contributed by atoms with Gasteiger partial charge in [0.1, 0.15) is 10.7 Å². The normalized spacial score (nSPS) is 11.1. The summed E-state index contributed by atoms with van der Waals surface area (Å²) in [7, 11) is -3.91. The number of sulfonamides is 1. The minimum atomic E-state index is -3.91. The fraction of sp³-hybridized carbons (Fsp3) is 0.0714. The number of aromatic nitrogens is 1. The second-order valence-electron chi connectivity index (χ2n) is 4.64. The average Bonchev–Trinajstić information content (AvgIpc) is 2.46. The predicted octanol–water partition coefficient (Wildman–Crippen LogP) is 1.95. The van der Waals surface area contributed by atoms with E-state index in [9.17, 15) is 18.0 Å². The van der Waals surface area contributed by atoms with E-state index in [1.54, 1.807) is 18.2 Å². The lowest BCUT2D eigenvalue weighted by atomic mass is 10.1. The molecule has 0 saturated carbocycles. The number of anilines is 1. The van der Waals surface area contributed by atoms with Gasteiger partial charge in [-0.05, 0) is 41.1 Å². The smallest absolute Gasteiger partial charge is 0.256 e. The Morgan fingerprint density at radius 3 is 2.43 bits per heavy atom. The molecule has 0 atom stereocenters. The van der Waals surface area contributed by atoms with Crippen LogP contribution in [0.1, 0.15) is 27.6 Å². The molecule has 1 aromatic carbocycles. The second kappa shape index (κ2) is 6.57. The van der Waals surface area contributed by atoms with Gasteiger partial charge in [-0.1, -0.05) is 12.1 Å². The fourth-order valence-electron chi connectivity index (χ4n) is 1.76. The van der Waals surface area contributed by atoms with Gasteiger partial charge in [0.15, 0.2) is 5.78 Å². The molecule has 7 nitrogen and oxygen atoms in total. The predicted molar refractivity (Wildman–Crippen MR) is 87.7 cm³/mol. The molecule has 0 spiro atoms. The van der Waals surface area contributed by atoms with Crippen LogP contribution in [0.2, 0.25) is 0 Å². The number of Topliss-reactive ketones (excluding diaryl/α,β-unsaturated/α-hetero) is 1. The Labute approximate surface area is 141 Å². The number of benzene rings is 1. The Balaban J connectivity index is 2.26. The Bertz CT molecular complexity index is 897. The number of amides is 1. The van der Waals surface area contributed by atoms with Crippen LogP contribution in [0.15, 0.2) is 45.9 Å². The van der Waals surface area contributed by atoms with Gasteiger partial charge in [0.05, 0.1) is 6.20 Å². The van der Waals surface area contributed by atoms with E-state index in [0.717, 1.165) is 6.20 Å². The van der Waals surface area contributed by atoms with Gasteiger partial charge in [-0.3, -0.25) is 9.59 Å². The lowest BCUT2D eigenvalue weighted by molar-refractivity contribution is 0.101. The molecular formula is C14H12BrN3O4S. The zero-order valence-corrected chi connectivity index (χ0v) is 14.3. The quantitative estimate of drug-likeness (QED) is 0.763. The first-order valence-corrected chi connectivity index (χ1v) is 8.63. The van der Waals surface area contributed by atoms with Crippen molar-refractivity contribution < 1.29 is 18.0 Å². The van der Waals surface area contributed by atoms with Gasteiger partial charge < -0.3 is 5.32 Å². The van der Waals surface area contributed by atoms with Crippen LogP contribution in [0, 0.1) is 0 Å². The number of nitrogens with zero attached hydrogens (tertiary/aromatic N) is 1. The number of halogens is 1. The Kier molecular flexibility index (Phi) is 4.93. The summed E-state index contributed by atoms with van der Waals surface area (Å²) in [6.07, 6.45) is 1.04. The average molecular weight is 398 g/mol. The zero-order chi connectivity index (χ0) is 17.2. The zero-order valence-electron chi connectivity index (χ0n) is 11.9. The fourth-order valence-corrected chi connectivity index (χ4v) is 3.29. The number of primary sulfonamides is 1. The maximum Gasteiger partial charge on any atom is 0.256 e. The summed E-state index contributed by atoms with van der Waals surface area (Å²) >= 11 is 3.06. The topological polar surface area (TPSA) is 119 Å². The lowest BCUT2D eigenvalue weighted by Gasteiger charge is -2.07. The number of carbonyl (C=O) groups is 2. The van der Waals surface area contributed by atoms with Crippen molar-refractivity contribution in [2.75, 3.05) is 5.32 Å². The van der Waals surface area contributed by atoms with Crippen molar-refractivity contribution >= 4 is 43.5 Å². The Hall–Kier alpha value is -2.10. The number of nitrogens with one attached hydrogen (secondary N) is 1. The maximum atomic E-state index is 12.2. The highest BCUT2D eigenvalue weighted by atomic mass is 79.9. The molecule has 120 valence electrons. The van der Waals surface area contributed by atoms with Crippen molar-refractivity contribution in [1.29, 1.82) is 0 Å². The SMILES string of the molecule is CC(=O)c1cccc(C(=O)Nc2cc(Br)c(S(N)(=O)=O)cn2)c1. The third kappa shape index (κ3) is 4.21. The van der Waals surface area contributed by atoms with Gasteiger partial charge in [0, 0.05) is 15.6 Å². The van der Waals surface area contributed by atoms with Crippen LogP contribution < -0.4 is 10.5 Å². The molecule has 2 aromatic rings. The molecule has 23 heavy (non-hydrogen) atoms. The molecule has 0 radical (unpaired) electrons. The summed E-state index contributed by atoms with van der Waals surface area (Å²) in [6.45, 7) is 1.40. The monoisotopic (exact) mass is 397 g/mol. The number of pyridine rings is 1. The van der Waals surface area contributed by atoms with Crippen LogP contribution in [0.3, 0.4) is 0 Å². The largest absolute Gasteiger partial charge is 0.307 e. The number of carbonyl (C=O) groups excluding carboxylic acids is 2. The summed E-state index contributed by atoms with van der Waals surface area (Å²) in [5.74, 6) is -0.489. The van der Waals surface area contributed by atoms with Crippen molar-refractivity contribution in [3.8, 4) is 0 Å². The molecule has 1 amide bonds. The molecule has 1 heterocycles. The van der Waals surface area contributed by atoms with Gasteiger partial charge in [-0.25, -0.2) is 18.5 Å². The number of nitrogens with two attached hydrogens (primary N) is 1. The second-order valence-corrected chi connectivity index (χ2v) is 7.02. The first-order chi connectivity index (χ1) is 10.7. The molecule has 2 rings (SSSR count). The molecule has 0 unspecified atom stereocenters. The molecule has 0 aliphatic heterocycles. The van der Waals surface area contributed by atoms with Crippen LogP contribution >= 0.6 is 15.9 Å².